The van der Waals surface area contributed by atoms with Crippen LogP contribution in [-0.2, 0) is 0 Å². The molecular formula is C10H21ClF2N2. The Balaban J connectivity index is 4.24. The predicted molar refractivity (Wildman–Crippen MR) is 60.4 cm³/mol. The maximum Gasteiger partial charge on any atom is 0.251 e. The predicted octanol–water partition coefficient (Wildman–Crippen LogP) is 2.83. The van der Waals surface area contributed by atoms with Crippen LogP contribution >= 0.6 is 11.8 Å². The largest absolute Gasteiger partial charge is 0.309 e. The second-order valence-electron chi connectivity index (χ2n) is 4.88. The van der Waals surface area contributed by atoms with Gasteiger partial charge in [-0.05, 0) is 39.7 Å². The average molecular weight is 243 g/mol. The van der Waals surface area contributed by atoms with Gasteiger partial charge in [0.25, 0.3) is 5.92 Å². The molecule has 0 radical (unpaired) electrons. The first-order valence-electron chi connectivity index (χ1n) is 4.99. The van der Waals surface area contributed by atoms with Gasteiger partial charge in [-0.25, -0.2) is 13.2 Å². The Hall–Kier alpha value is 0.0700. The lowest BCUT2D eigenvalue weighted by atomic mass is 9.94. The van der Waals surface area contributed by atoms with Crippen molar-refractivity contribution in [3.63, 3.8) is 0 Å². The van der Waals surface area contributed by atoms with Gasteiger partial charge in [-0.3, -0.25) is 0 Å². The molecule has 0 aromatic carbocycles. The van der Waals surface area contributed by atoms with Crippen LogP contribution in [0.25, 0.3) is 0 Å². The monoisotopic (exact) mass is 242 g/mol. The van der Waals surface area contributed by atoms with Crippen molar-refractivity contribution in [3.05, 3.63) is 0 Å². The van der Waals surface area contributed by atoms with Crippen molar-refractivity contribution in [2.24, 2.45) is 0 Å². The van der Waals surface area contributed by atoms with Crippen LogP contribution in [0.5, 0.6) is 0 Å². The maximum absolute atomic E-state index is 13.5. The topological polar surface area (TPSA) is 6.48 Å². The third-order valence-electron chi connectivity index (χ3n) is 2.45. The van der Waals surface area contributed by atoms with E-state index >= 15 is 0 Å². The molecule has 0 aliphatic rings. The van der Waals surface area contributed by atoms with E-state index in [0.717, 1.165) is 0 Å². The fourth-order valence-electron chi connectivity index (χ4n) is 1.22. The van der Waals surface area contributed by atoms with Crippen molar-refractivity contribution >= 4 is 11.8 Å². The molecule has 2 nitrogen and oxygen atoms in total. The first-order chi connectivity index (χ1) is 6.57. The van der Waals surface area contributed by atoms with E-state index in [1.165, 1.54) is 4.42 Å². The highest BCUT2D eigenvalue weighted by Gasteiger charge is 2.38. The van der Waals surface area contributed by atoms with Gasteiger partial charge in [-0.2, -0.15) is 0 Å². The summed E-state index contributed by atoms with van der Waals surface area (Å²) in [7, 11) is 5.17. The summed E-state index contributed by atoms with van der Waals surface area (Å²) in [4.78, 5) is 1.76. The van der Waals surface area contributed by atoms with E-state index < -0.39 is 11.5 Å². The highest BCUT2D eigenvalue weighted by molar-refractivity contribution is 6.13. The van der Waals surface area contributed by atoms with Crippen LogP contribution in [0.15, 0.2) is 0 Å². The Morgan fingerprint density at radius 1 is 1.13 bits per heavy atom. The third kappa shape index (κ3) is 6.28. The van der Waals surface area contributed by atoms with E-state index in [1.807, 2.05) is 0 Å². The molecule has 0 fully saturated rings. The Labute approximate surface area is 96.3 Å². The molecule has 0 atom stereocenters. The number of nitrogens with zero attached hydrogens (tertiary/aromatic N) is 2. The van der Waals surface area contributed by atoms with E-state index in [2.05, 4.69) is 0 Å². The maximum atomic E-state index is 13.5. The molecule has 15 heavy (non-hydrogen) atoms. The normalized spacial score (nSPS) is 14.0. The number of alkyl halides is 2. The van der Waals surface area contributed by atoms with Crippen LogP contribution in [-0.4, -0.2) is 48.5 Å². The van der Waals surface area contributed by atoms with Crippen molar-refractivity contribution in [3.8, 4) is 0 Å². The van der Waals surface area contributed by atoms with Crippen LogP contribution in [0.1, 0.15) is 26.7 Å². The first kappa shape index (κ1) is 15.1. The summed E-state index contributed by atoms with van der Waals surface area (Å²) < 4.78 is 28.4. The summed E-state index contributed by atoms with van der Waals surface area (Å²) in [5, 5.41) is 0. The van der Waals surface area contributed by atoms with Crippen molar-refractivity contribution in [1.82, 2.24) is 9.32 Å². The van der Waals surface area contributed by atoms with Crippen molar-refractivity contribution in [2.75, 3.05) is 27.7 Å². The third-order valence-corrected chi connectivity index (χ3v) is 2.91. The molecule has 5 heteroatoms. The molecule has 0 saturated carbocycles. The van der Waals surface area contributed by atoms with E-state index in [1.54, 1.807) is 39.9 Å². The van der Waals surface area contributed by atoms with Gasteiger partial charge in [0.05, 0.1) is 0 Å². The van der Waals surface area contributed by atoms with Gasteiger partial charge >= 0.3 is 0 Å². The fourth-order valence-corrected chi connectivity index (χ4v) is 1.28. The zero-order valence-corrected chi connectivity index (χ0v) is 10.9. The molecule has 0 bridgehead atoms. The molecule has 0 amide bonds. The number of halogens is 3. The summed E-state index contributed by atoms with van der Waals surface area (Å²) in [6.45, 7) is 3.81. The van der Waals surface area contributed by atoms with Crippen LogP contribution in [0.4, 0.5) is 8.78 Å². The zero-order valence-electron chi connectivity index (χ0n) is 10.1. The molecule has 0 aliphatic heterocycles. The quantitative estimate of drug-likeness (QED) is 0.661. The van der Waals surface area contributed by atoms with Gasteiger partial charge in [0.15, 0.2) is 0 Å². The molecule has 92 valence electrons. The highest BCUT2D eigenvalue weighted by Crippen LogP contribution is 2.32. The molecule has 0 saturated heterocycles. The van der Waals surface area contributed by atoms with E-state index in [0.29, 0.717) is 6.54 Å². The summed E-state index contributed by atoms with van der Waals surface area (Å²) in [5.41, 5.74) is -0.697. The molecule has 0 spiro atoms. The summed E-state index contributed by atoms with van der Waals surface area (Å²) in [6, 6.07) is 0. The average Bonchev–Trinajstić information content (AvgIpc) is 1.99. The van der Waals surface area contributed by atoms with Crippen LogP contribution in [0, 0.1) is 0 Å². The van der Waals surface area contributed by atoms with Gasteiger partial charge < -0.3 is 4.90 Å². The van der Waals surface area contributed by atoms with E-state index in [-0.39, 0.29) is 12.8 Å². The molecule has 0 aliphatic carbocycles. The smallest absolute Gasteiger partial charge is 0.251 e. The fraction of sp³-hybridized carbons (Fsp3) is 1.00. The SMILES string of the molecule is CN(C)CCC(F)(F)CC(C)(C)N(C)Cl. The number of hydrogen-bond donors (Lipinski definition) is 0. The van der Waals surface area contributed by atoms with Crippen molar-refractivity contribution in [1.29, 1.82) is 0 Å². The lowest BCUT2D eigenvalue weighted by Crippen LogP contribution is -2.41. The molecule has 0 unspecified atom stereocenters. The summed E-state index contributed by atoms with van der Waals surface area (Å²) >= 11 is 5.73. The lowest BCUT2D eigenvalue weighted by Gasteiger charge is -2.33. The minimum absolute atomic E-state index is 0.131. The van der Waals surface area contributed by atoms with Crippen LogP contribution in [0.2, 0.25) is 0 Å². The minimum Gasteiger partial charge on any atom is -0.309 e. The molecule has 0 N–H and O–H groups in total. The molecule has 0 aromatic heterocycles. The van der Waals surface area contributed by atoms with Gasteiger partial charge in [0.2, 0.25) is 0 Å². The second-order valence-corrected chi connectivity index (χ2v) is 5.38. The minimum atomic E-state index is -2.67. The molecule has 0 rings (SSSR count). The Morgan fingerprint density at radius 3 is 1.93 bits per heavy atom. The number of hydrogen-bond acceptors (Lipinski definition) is 2. The van der Waals surface area contributed by atoms with Crippen molar-refractivity contribution < 1.29 is 8.78 Å². The van der Waals surface area contributed by atoms with Gasteiger partial charge in [0.1, 0.15) is 0 Å². The summed E-state index contributed by atoms with van der Waals surface area (Å²) in [5.74, 6) is -2.67. The summed E-state index contributed by atoms with van der Waals surface area (Å²) in [6.07, 6.45) is -0.359. The second kappa shape index (κ2) is 5.41. The zero-order chi connectivity index (χ0) is 12.3. The molecule has 0 heterocycles. The Kier molecular flexibility index (Phi) is 5.44. The van der Waals surface area contributed by atoms with Crippen LogP contribution < -0.4 is 0 Å². The first-order valence-corrected chi connectivity index (χ1v) is 5.33. The van der Waals surface area contributed by atoms with E-state index in [4.69, 9.17) is 11.8 Å². The van der Waals surface area contributed by atoms with Gasteiger partial charge in [0, 0.05) is 32.0 Å². The standard InChI is InChI=1S/C10H21ClF2N2/c1-9(2,15(5)11)8-10(12,13)6-7-14(3)4/h6-8H2,1-5H3. The lowest BCUT2D eigenvalue weighted by molar-refractivity contribution is -0.0493. The highest BCUT2D eigenvalue weighted by atomic mass is 35.5. The van der Waals surface area contributed by atoms with Gasteiger partial charge in [-0.1, -0.05) is 0 Å². The Bertz CT molecular complexity index is 194. The molecular weight excluding hydrogens is 222 g/mol. The van der Waals surface area contributed by atoms with Crippen molar-refractivity contribution in [2.45, 2.75) is 38.2 Å². The van der Waals surface area contributed by atoms with E-state index in [9.17, 15) is 8.78 Å². The number of rotatable bonds is 6. The van der Waals surface area contributed by atoms with Crippen LogP contribution in [0.3, 0.4) is 0 Å². The Morgan fingerprint density at radius 2 is 1.60 bits per heavy atom. The molecule has 0 aromatic rings. The van der Waals surface area contributed by atoms with Gasteiger partial charge in [-0.15, -0.1) is 0 Å².